The van der Waals surface area contributed by atoms with E-state index >= 15 is 0 Å². The van der Waals surface area contributed by atoms with Crippen molar-refractivity contribution in [2.45, 2.75) is 58.1 Å². The summed E-state index contributed by atoms with van der Waals surface area (Å²) < 4.78 is 5.82. The number of hydrogen-bond acceptors (Lipinski definition) is 3. The number of nitrogens with zero attached hydrogens (tertiary/aromatic N) is 2. The van der Waals surface area contributed by atoms with Crippen molar-refractivity contribution in [1.82, 2.24) is 15.5 Å². The largest absolute Gasteiger partial charge is 0.373 e. The maximum Gasteiger partial charge on any atom is 0.191 e. The molecule has 0 aromatic carbocycles. The van der Waals surface area contributed by atoms with E-state index in [1.54, 1.807) is 0 Å². The number of likely N-dealkylation sites (tertiary alicyclic amines) is 1. The summed E-state index contributed by atoms with van der Waals surface area (Å²) in [5.74, 6) is 1.62. The molecular formula is C17H35IN4O. The highest BCUT2D eigenvalue weighted by Crippen LogP contribution is 2.23. The van der Waals surface area contributed by atoms with Gasteiger partial charge in [0, 0.05) is 39.3 Å². The number of hydrogen-bond donors (Lipinski definition) is 2. The van der Waals surface area contributed by atoms with E-state index in [2.05, 4.69) is 41.3 Å². The second-order valence-electron chi connectivity index (χ2n) is 7.31. The minimum Gasteiger partial charge on any atom is -0.373 e. The predicted molar refractivity (Wildman–Crippen MR) is 108 cm³/mol. The molecule has 0 aromatic heterocycles. The van der Waals surface area contributed by atoms with Crippen LogP contribution < -0.4 is 10.6 Å². The van der Waals surface area contributed by atoms with Crippen LogP contribution in [0, 0.1) is 5.92 Å². The van der Waals surface area contributed by atoms with Gasteiger partial charge in [-0.2, -0.15) is 0 Å². The zero-order valence-electron chi connectivity index (χ0n) is 15.2. The van der Waals surface area contributed by atoms with Gasteiger partial charge in [0.25, 0.3) is 0 Å². The molecule has 0 saturated carbocycles. The van der Waals surface area contributed by atoms with Crippen LogP contribution in [0.1, 0.15) is 46.5 Å². The molecule has 2 unspecified atom stereocenters. The smallest absolute Gasteiger partial charge is 0.191 e. The van der Waals surface area contributed by atoms with E-state index in [-0.39, 0.29) is 29.6 Å². The Morgan fingerprint density at radius 3 is 2.74 bits per heavy atom. The number of nitrogens with one attached hydrogen (secondary N) is 2. The Morgan fingerprint density at radius 1 is 1.35 bits per heavy atom. The van der Waals surface area contributed by atoms with Gasteiger partial charge >= 0.3 is 0 Å². The third-order valence-corrected chi connectivity index (χ3v) is 4.99. The van der Waals surface area contributed by atoms with E-state index in [0.717, 1.165) is 38.5 Å². The molecule has 0 aliphatic carbocycles. The van der Waals surface area contributed by atoms with Crippen molar-refractivity contribution < 1.29 is 4.74 Å². The number of halogens is 1. The molecule has 2 aliphatic rings. The summed E-state index contributed by atoms with van der Waals surface area (Å²) in [7, 11) is 1.84. The molecular weight excluding hydrogens is 403 g/mol. The van der Waals surface area contributed by atoms with Gasteiger partial charge in [0.15, 0.2) is 5.96 Å². The van der Waals surface area contributed by atoms with Crippen molar-refractivity contribution in [2.75, 3.05) is 39.8 Å². The molecule has 2 N–H and O–H groups in total. The molecule has 23 heavy (non-hydrogen) atoms. The Kier molecular flexibility index (Phi) is 9.15. The lowest BCUT2D eigenvalue weighted by atomic mass is 9.97. The van der Waals surface area contributed by atoms with Crippen molar-refractivity contribution >= 4 is 29.9 Å². The lowest BCUT2D eigenvalue weighted by molar-refractivity contribution is 0.0242. The molecule has 0 aromatic rings. The van der Waals surface area contributed by atoms with Crippen LogP contribution in [-0.4, -0.2) is 62.3 Å². The molecule has 0 amide bonds. The summed E-state index contributed by atoms with van der Waals surface area (Å²) in [6.45, 7) is 11.9. The summed E-state index contributed by atoms with van der Waals surface area (Å²) in [6.07, 6.45) is 4.91. The predicted octanol–water partition coefficient (Wildman–Crippen LogP) is 2.46. The van der Waals surface area contributed by atoms with Gasteiger partial charge in [0.2, 0.25) is 0 Å². The number of piperidine rings is 1. The molecule has 6 heteroatoms. The van der Waals surface area contributed by atoms with Crippen LogP contribution in [0.3, 0.4) is 0 Å². The number of rotatable bonds is 5. The Bertz CT molecular complexity index is 370. The molecule has 2 fully saturated rings. The monoisotopic (exact) mass is 438 g/mol. The normalized spacial score (nSPS) is 29.4. The fraction of sp³-hybridized carbons (Fsp3) is 0.941. The van der Waals surface area contributed by atoms with Gasteiger partial charge in [-0.1, -0.05) is 0 Å². The molecule has 0 radical (unpaired) electrons. The highest BCUT2D eigenvalue weighted by atomic mass is 127. The van der Waals surface area contributed by atoms with Crippen LogP contribution in [0.4, 0.5) is 0 Å². The summed E-state index contributed by atoms with van der Waals surface area (Å²) >= 11 is 0. The van der Waals surface area contributed by atoms with Gasteiger partial charge < -0.3 is 20.3 Å². The number of aliphatic imine (C=N–C) groups is 1. The first-order valence-corrected chi connectivity index (χ1v) is 8.85. The first-order valence-electron chi connectivity index (χ1n) is 8.85. The quantitative estimate of drug-likeness (QED) is 0.394. The fourth-order valence-corrected chi connectivity index (χ4v) is 3.44. The minimum absolute atomic E-state index is 0. The molecule has 136 valence electrons. The van der Waals surface area contributed by atoms with E-state index in [1.165, 1.54) is 25.9 Å². The second-order valence-corrected chi connectivity index (χ2v) is 7.31. The summed E-state index contributed by atoms with van der Waals surface area (Å²) in [5, 5.41) is 6.92. The lowest BCUT2D eigenvalue weighted by Gasteiger charge is -2.35. The zero-order valence-corrected chi connectivity index (χ0v) is 17.6. The Balaban J connectivity index is 0.00000264. The molecule has 5 nitrogen and oxygen atoms in total. The highest BCUT2D eigenvalue weighted by Gasteiger charge is 2.29. The van der Waals surface area contributed by atoms with Gasteiger partial charge in [0.1, 0.15) is 0 Å². The maximum atomic E-state index is 5.82. The van der Waals surface area contributed by atoms with Crippen LogP contribution in [0.25, 0.3) is 0 Å². The minimum atomic E-state index is -0.0309. The van der Waals surface area contributed by atoms with E-state index in [1.807, 2.05) is 7.05 Å². The summed E-state index contributed by atoms with van der Waals surface area (Å²) in [5.41, 5.74) is -0.0309. The van der Waals surface area contributed by atoms with E-state index in [0.29, 0.717) is 12.0 Å². The van der Waals surface area contributed by atoms with Gasteiger partial charge in [-0.05, 0) is 58.9 Å². The van der Waals surface area contributed by atoms with Crippen molar-refractivity contribution in [3.63, 3.8) is 0 Å². The Hall–Kier alpha value is -0.0800. The van der Waals surface area contributed by atoms with Crippen molar-refractivity contribution in [1.29, 1.82) is 0 Å². The molecule has 0 bridgehead atoms. The average molecular weight is 438 g/mol. The molecule has 2 heterocycles. The Morgan fingerprint density at radius 2 is 2.13 bits per heavy atom. The van der Waals surface area contributed by atoms with Crippen molar-refractivity contribution in [2.24, 2.45) is 10.9 Å². The number of guanidine groups is 1. The van der Waals surface area contributed by atoms with Gasteiger partial charge in [-0.3, -0.25) is 4.99 Å². The van der Waals surface area contributed by atoms with Gasteiger partial charge in [-0.15, -0.1) is 24.0 Å². The SMILES string of the molecule is CN=C(NCC1CCCN(C(C)C)C1)NCC1(C)CCCO1.I. The fourth-order valence-electron chi connectivity index (χ4n) is 3.44. The van der Waals surface area contributed by atoms with Crippen LogP contribution >= 0.6 is 24.0 Å². The molecule has 2 saturated heterocycles. The summed E-state index contributed by atoms with van der Waals surface area (Å²) in [4.78, 5) is 6.93. The van der Waals surface area contributed by atoms with Crippen LogP contribution in [0.2, 0.25) is 0 Å². The first-order chi connectivity index (χ1) is 10.5. The Labute approximate surface area is 159 Å². The average Bonchev–Trinajstić information content (AvgIpc) is 2.95. The van der Waals surface area contributed by atoms with E-state index < -0.39 is 0 Å². The maximum absolute atomic E-state index is 5.82. The molecule has 2 rings (SSSR count). The zero-order chi connectivity index (χ0) is 16.0. The summed E-state index contributed by atoms with van der Waals surface area (Å²) in [6, 6.07) is 0.653. The third kappa shape index (κ3) is 6.74. The van der Waals surface area contributed by atoms with E-state index in [9.17, 15) is 0 Å². The van der Waals surface area contributed by atoms with Crippen LogP contribution in [0.15, 0.2) is 4.99 Å². The topological polar surface area (TPSA) is 48.9 Å². The van der Waals surface area contributed by atoms with Crippen LogP contribution in [0.5, 0.6) is 0 Å². The highest BCUT2D eigenvalue weighted by molar-refractivity contribution is 14.0. The molecule has 2 atom stereocenters. The number of ether oxygens (including phenoxy) is 1. The first kappa shape index (κ1) is 21.0. The molecule has 2 aliphatic heterocycles. The van der Waals surface area contributed by atoms with Gasteiger partial charge in [0.05, 0.1) is 5.60 Å². The van der Waals surface area contributed by atoms with Gasteiger partial charge in [-0.25, -0.2) is 0 Å². The second kappa shape index (κ2) is 10.0. The standard InChI is InChI=1S/C17H34N4O.HI/c1-14(2)21-9-5-7-15(12-21)11-19-16(18-4)20-13-17(3)8-6-10-22-17;/h14-15H,5-13H2,1-4H3,(H2,18,19,20);1H. The van der Waals surface area contributed by atoms with Crippen molar-refractivity contribution in [3.8, 4) is 0 Å². The van der Waals surface area contributed by atoms with E-state index in [4.69, 9.17) is 4.74 Å². The van der Waals surface area contributed by atoms with Crippen LogP contribution in [-0.2, 0) is 4.74 Å². The van der Waals surface area contributed by atoms with Crippen molar-refractivity contribution in [3.05, 3.63) is 0 Å². The lowest BCUT2D eigenvalue weighted by Crippen LogP contribution is -2.48. The molecule has 0 spiro atoms. The third-order valence-electron chi connectivity index (χ3n) is 4.99.